The van der Waals surface area contributed by atoms with Gasteiger partial charge < -0.3 is 4.52 Å². The molecule has 3 rings (SSSR count). The molecule has 1 aromatic carbocycles. The number of nitrogens with zero attached hydrogens (tertiary/aromatic N) is 3. The normalized spacial score (nSPS) is 17.3. The van der Waals surface area contributed by atoms with Crippen LogP contribution in [0.3, 0.4) is 0 Å². The number of benzene rings is 1. The second kappa shape index (κ2) is 6.62. The Morgan fingerprint density at radius 2 is 1.83 bits per heavy atom. The summed E-state index contributed by atoms with van der Waals surface area (Å²) in [6, 6.07) is 8.02. The molecule has 24 heavy (non-hydrogen) atoms. The molecule has 1 aliphatic heterocycles. The average Bonchev–Trinajstić information content (AvgIpc) is 2.98. The molecule has 0 aliphatic carbocycles. The minimum absolute atomic E-state index is 0.150. The summed E-state index contributed by atoms with van der Waals surface area (Å²) >= 11 is 0. The maximum Gasteiger partial charge on any atom is 0.374 e. The maximum atomic E-state index is 12.9. The second-order valence-corrected chi connectivity index (χ2v) is 7.44. The van der Waals surface area contributed by atoms with Crippen molar-refractivity contribution in [1.29, 1.82) is 0 Å². The van der Waals surface area contributed by atoms with Crippen molar-refractivity contribution in [2.45, 2.75) is 20.4 Å². The Balaban J connectivity index is 1.64. The van der Waals surface area contributed by atoms with E-state index in [0.29, 0.717) is 25.4 Å². The largest absolute Gasteiger partial charge is 0.374 e. The lowest BCUT2D eigenvalue weighted by molar-refractivity contribution is 0.163. The van der Waals surface area contributed by atoms with Crippen LogP contribution in [0, 0.1) is 13.8 Å². The van der Waals surface area contributed by atoms with Crippen molar-refractivity contribution in [3.05, 3.63) is 41.2 Å². The number of aryl methyl sites for hydroxylation is 2. The lowest BCUT2D eigenvalue weighted by Crippen LogP contribution is -2.47. The summed E-state index contributed by atoms with van der Waals surface area (Å²) < 4.78 is 40.9. The van der Waals surface area contributed by atoms with Gasteiger partial charge in [-0.25, -0.2) is 0 Å². The zero-order chi connectivity index (χ0) is 17.3. The van der Waals surface area contributed by atoms with Gasteiger partial charge in [-0.15, -0.1) is 0 Å². The third-order valence-corrected chi connectivity index (χ3v) is 5.36. The molecular formula is C16H20FN3O3S. The molecular weight excluding hydrogens is 333 g/mol. The molecule has 2 heterocycles. The third kappa shape index (κ3) is 3.82. The first-order valence-corrected chi connectivity index (χ1v) is 9.12. The van der Waals surface area contributed by atoms with E-state index in [1.165, 1.54) is 11.1 Å². The topological polar surface area (TPSA) is 66.7 Å². The van der Waals surface area contributed by atoms with Crippen molar-refractivity contribution in [3.8, 4) is 11.3 Å². The van der Waals surface area contributed by atoms with Crippen molar-refractivity contribution in [1.82, 2.24) is 14.4 Å². The number of aromatic nitrogens is 1. The fourth-order valence-electron chi connectivity index (χ4n) is 2.75. The van der Waals surface area contributed by atoms with Crippen LogP contribution in [-0.4, -0.2) is 49.0 Å². The quantitative estimate of drug-likeness (QED) is 0.789. The molecule has 0 saturated carbocycles. The van der Waals surface area contributed by atoms with E-state index in [9.17, 15) is 12.3 Å². The van der Waals surface area contributed by atoms with E-state index in [-0.39, 0.29) is 13.1 Å². The summed E-state index contributed by atoms with van der Waals surface area (Å²) in [5.74, 6) is 0.708. The first kappa shape index (κ1) is 17.1. The van der Waals surface area contributed by atoms with Gasteiger partial charge in [-0.3, -0.25) is 4.90 Å². The standard InChI is InChI=1S/C16H20FN3O3S/c1-12-3-4-14(9-13(12)2)16-10-15(23-18-16)11-19-5-7-20(8-6-19)24(17,21)22/h3-4,9-10H,5-8,11H2,1-2H3. The highest BCUT2D eigenvalue weighted by Gasteiger charge is 2.26. The maximum absolute atomic E-state index is 12.9. The molecule has 0 unspecified atom stereocenters. The Morgan fingerprint density at radius 3 is 2.46 bits per heavy atom. The molecule has 0 radical (unpaired) electrons. The molecule has 0 bridgehead atoms. The Morgan fingerprint density at radius 1 is 1.12 bits per heavy atom. The number of piperazine rings is 1. The van der Waals surface area contributed by atoms with E-state index in [0.717, 1.165) is 15.6 Å². The molecule has 8 heteroatoms. The van der Waals surface area contributed by atoms with E-state index in [1.807, 2.05) is 17.0 Å². The zero-order valence-electron chi connectivity index (χ0n) is 13.7. The first-order valence-electron chi connectivity index (χ1n) is 7.78. The van der Waals surface area contributed by atoms with Crippen LogP contribution in [0.15, 0.2) is 28.8 Å². The molecule has 0 amide bonds. The Bertz CT molecular complexity index is 827. The van der Waals surface area contributed by atoms with Crippen LogP contribution in [0.1, 0.15) is 16.9 Å². The molecule has 1 saturated heterocycles. The summed E-state index contributed by atoms with van der Waals surface area (Å²) in [6.07, 6.45) is 0. The highest BCUT2D eigenvalue weighted by atomic mass is 32.3. The molecule has 130 valence electrons. The zero-order valence-corrected chi connectivity index (χ0v) is 14.5. The van der Waals surface area contributed by atoms with Gasteiger partial charge in [0.15, 0.2) is 5.76 Å². The Hall–Kier alpha value is -1.77. The molecule has 0 atom stereocenters. The summed E-state index contributed by atoms with van der Waals surface area (Å²) in [5.41, 5.74) is 4.20. The molecule has 0 N–H and O–H groups in total. The van der Waals surface area contributed by atoms with E-state index in [2.05, 4.69) is 31.1 Å². The van der Waals surface area contributed by atoms with Gasteiger partial charge in [0, 0.05) is 37.8 Å². The molecule has 6 nitrogen and oxygen atoms in total. The Kier molecular flexibility index (Phi) is 4.71. The molecule has 2 aromatic rings. The third-order valence-electron chi connectivity index (χ3n) is 4.38. The average molecular weight is 353 g/mol. The van der Waals surface area contributed by atoms with Gasteiger partial charge in [0.25, 0.3) is 0 Å². The monoisotopic (exact) mass is 353 g/mol. The number of rotatable bonds is 4. The van der Waals surface area contributed by atoms with Crippen LogP contribution in [0.5, 0.6) is 0 Å². The van der Waals surface area contributed by atoms with Gasteiger partial charge >= 0.3 is 10.4 Å². The van der Waals surface area contributed by atoms with Gasteiger partial charge in [0.1, 0.15) is 5.69 Å². The van der Waals surface area contributed by atoms with Gasteiger partial charge in [-0.1, -0.05) is 21.2 Å². The Labute approximate surface area is 141 Å². The number of hydrogen-bond donors (Lipinski definition) is 0. The SMILES string of the molecule is Cc1ccc(-c2cc(CN3CCN(S(=O)(=O)F)CC3)on2)cc1C. The van der Waals surface area contributed by atoms with Gasteiger partial charge in [0.05, 0.1) is 6.54 Å². The smallest absolute Gasteiger partial charge is 0.359 e. The van der Waals surface area contributed by atoms with E-state index in [4.69, 9.17) is 4.52 Å². The molecule has 1 fully saturated rings. The lowest BCUT2D eigenvalue weighted by atomic mass is 10.0. The number of hydrogen-bond acceptors (Lipinski definition) is 5. The predicted molar refractivity (Wildman–Crippen MR) is 88.3 cm³/mol. The fraction of sp³-hybridized carbons (Fsp3) is 0.438. The van der Waals surface area contributed by atoms with Crippen LogP contribution in [-0.2, 0) is 17.0 Å². The lowest BCUT2D eigenvalue weighted by Gasteiger charge is -2.31. The molecule has 1 aliphatic rings. The highest BCUT2D eigenvalue weighted by Crippen LogP contribution is 2.23. The summed E-state index contributed by atoms with van der Waals surface area (Å²) in [5, 5.41) is 4.11. The van der Waals surface area contributed by atoms with Crippen LogP contribution in [0.25, 0.3) is 11.3 Å². The van der Waals surface area contributed by atoms with Crippen LogP contribution in [0.4, 0.5) is 3.89 Å². The van der Waals surface area contributed by atoms with E-state index < -0.39 is 10.4 Å². The minimum atomic E-state index is -4.59. The molecule has 0 spiro atoms. The van der Waals surface area contributed by atoms with Crippen molar-refractivity contribution in [2.75, 3.05) is 26.2 Å². The predicted octanol–water partition coefficient (Wildman–Crippen LogP) is 2.29. The van der Waals surface area contributed by atoms with Crippen LogP contribution >= 0.6 is 0 Å². The second-order valence-electron chi connectivity index (χ2n) is 6.09. The van der Waals surface area contributed by atoms with E-state index >= 15 is 0 Å². The van der Waals surface area contributed by atoms with Crippen molar-refractivity contribution < 1.29 is 16.8 Å². The van der Waals surface area contributed by atoms with Gasteiger partial charge in [-0.2, -0.15) is 12.7 Å². The highest BCUT2D eigenvalue weighted by molar-refractivity contribution is 7.83. The fourth-order valence-corrected chi connectivity index (χ4v) is 3.35. The minimum Gasteiger partial charge on any atom is -0.359 e. The van der Waals surface area contributed by atoms with Gasteiger partial charge in [0.2, 0.25) is 0 Å². The number of halogens is 1. The van der Waals surface area contributed by atoms with Crippen molar-refractivity contribution >= 4 is 10.4 Å². The van der Waals surface area contributed by atoms with Crippen molar-refractivity contribution in [3.63, 3.8) is 0 Å². The summed E-state index contributed by atoms with van der Waals surface area (Å²) in [6.45, 7) is 5.86. The van der Waals surface area contributed by atoms with E-state index in [1.54, 1.807) is 0 Å². The van der Waals surface area contributed by atoms with Crippen LogP contribution < -0.4 is 0 Å². The first-order chi connectivity index (χ1) is 11.3. The summed E-state index contributed by atoms with van der Waals surface area (Å²) in [4.78, 5) is 2.02. The van der Waals surface area contributed by atoms with Crippen LogP contribution in [0.2, 0.25) is 0 Å². The molecule has 1 aromatic heterocycles. The van der Waals surface area contributed by atoms with Gasteiger partial charge in [-0.05, 0) is 31.0 Å². The van der Waals surface area contributed by atoms with Crippen molar-refractivity contribution in [2.24, 2.45) is 0 Å². The summed E-state index contributed by atoms with van der Waals surface area (Å²) in [7, 11) is -4.59.